The molecule has 0 aliphatic carbocycles. The van der Waals surface area contributed by atoms with Crippen molar-refractivity contribution in [3.8, 4) is 0 Å². The molecule has 1 aromatic carbocycles. The van der Waals surface area contributed by atoms with Crippen LogP contribution in [0.2, 0.25) is 0 Å². The van der Waals surface area contributed by atoms with Gasteiger partial charge < -0.3 is 10.4 Å². The topological polar surface area (TPSA) is 88.0 Å². The molecule has 0 atom stereocenters. The molecule has 6 heteroatoms. The number of carboxylic acid groups (broad SMARTS) is 1. The van der Waals surface area contributed by atoms with Gasteiger partial charge in [0.05, 0.1) is 23.0 Å². The lowest BCUT2D eigenvalue weighted by Gasteiger charge is -2.09. The van der Waals surface area contributed by atoms with Crippen molar-refractivity contribution in [2.45, 2.75) is 0 Å². The van der Waals surface area contributed by atoms with Crippen LogP contribution in [0.15, 0.2) is 49.1 Å². The molecule has 0 radical (unpaired) electrons. The summed E-state index contributed by atoms with van der Waals surface area (Å²) in [6.45, 7) is 0. The van der Waals surface area contributed by atoms with Gasteiger partial charge in [-0.25, -0.2) is 9.78 Å². The lowest BCUT2D eigenvalue weighted by molar-refractivity contribution is 0.0697. The highest BCUT2D eigenvalue weighted by Gasteiger charge is 2.10. The van der Waals surface area contributed by atoms with E-state index in [1.807, 2.05) is 6.07 Å². The Hall–Kier alpha value is -3.02. The fraction of sp³-hybridized carbons (Fsp3) is 0. The first kappa shape index (κ1) is 12.0. The van der Waals surface area contributed by atoms with Crippen molar-refractivity contribution >= 4 is 28.4 Å². The number of aromatic nitrogens is 3. The van der Waals surface area contributed by atoms with E-state index in [-0.39, 0.29) is 5.56 Å². The summed E-state index contributed by atoms with van der Waals surface area (Å²) in [5.74, 6) is -0.458. The second-order valence-electron chi connectivity index (χ2n) is 4.12. The molecule has 0 spiro atoms. The van der Waals surface area contributed by atoms with Crippen molar-refractivity contribution in [1.29, 1.82) is 0 Å². The van der Waals surface area contributed by atoms with E-state index < -0.39 is 5.97 Å². The van der Waals surface area contributed by atoms with E-state index in [0.717, 1.165) is 5.39 Å². The van der Waals surface area contributed by atoms with Crippen LogP contribution >= 0.6 is 0 Å². The average Bonchev–Trinajstić information content (AvgIpc) is 2.48. The molecule has 0 bridgehead atoms. The largest absolute Gasteiger partial charge is 0.478 e. The summed E-state index contributed by atoms with van der Waals surface area (Å²) >= 11 is 0. The first-order valence-electron chi connectivity index (χ1n) is 5.89. The molecule has 98 valence electrons. The fourth-order valence-corrected chi connectivity index (χ4v) is 1.91. The van der Waals surface area contributed by atoms with Crippen LogP contribution in [0.3, 0.4) is 0 Å². The number of rotatable bonds is 3. The standard InChI is InChI=1S/C14H10N4O2/c19-14(20)10-6-9-2-1-3-17-13(9)11(7-10)18-12-8-15-4-5-16-12/h1-8H,(H,16,18)(H,19,20). The first-order chi connectivity index (χ1) is 9.74. The monoisotopic (exact) mass is 266 g/mol. The minimum Gasteiger partial charge on any atom is -0.478 e. The van der Waals surface area contributed by atoms with E-state index in [4.69, 9.17) is 5.11 Å². The average molecular weight is 266 g/mol. The Balaban J connectivity index is 2.15. The number of aromatic carboxylic acids is 1. The van der Waals surface area contributed by atoms with Crippen LogP contribution in [0.25, 0.3) is 10.9 Å². The molecule has 2 heterocycles. The second-order valence-corrected chi connectivity index (χ2v) is 4.12. The summed E-state index contributed by atoms with van der Waals surface area (Å²) in [4.78, 5) is 23.5. The number of benzene rings is 1. The minimum atomic E-state index is -0.988. The van der Waals surface area contributed by atoms with Gasteiger partial charge in [-0.1, -0.05) is 6.07 Å². The zero-order valence-electron chi connectivity index (χ0n) is 10.3. The van der Waals surface area contributed by atoms with Crippen molar-refractivity contribution in [1.82, 2.24) is 15.0 Å². The first-order valence-corrected chi connectivity index (χ1v) is 5.89. The molecule has 3 aromatic rings. The van der Waals surface area contributed by atoms with E-state index in [1.165, 1.54) is 6.07 Å². The molecule has 0 aliphatic heterocycles. The summed E-state index contributed by atoms with van der Waals surface area (Å²) in [6.07, 6.45) is 6.33. The Kier molecular flexibility index (Phi) is 2.96. The maximum Gasteiger partial charge on any atom is 0.335 e. The smallest absolute Gasteiger partial charge is 0.335 e. The van der Waals surface area contributed by atoms with Gasteiger partial charge in [0.25, 0.3) is 0 Å². The van der Waals surface area contributed by atoms with Crippen LogP contribution in [0, 0.1) is 0 Å². The highest BCUT2D eigenvalue weighted by molar-refractivity contribution is 5.99. The summed E-state index contributed by atoms with van der Waals surface area (Å²) in [6, 6.07) is 6.70. The number of hydrogen-bond acceptors (Lipinski definition) is 5. The molecule has 6 nitrogen and oxygen atoms in total. The SMILES string of the molecule is O=C(O)c1cc(Nc2cnccn2)c2ncccc2c1. The van der Waals surface area contributed by atoms with Crippen molar-refractivity contribution < 1.29 is 9.90 Å². The molecule has 0 amide bonds. The molecule has 0 unspecified atom stereocenters. The van der Waals surface area contributed by atoms with Gasteiger partial charge in [0.1, 0.15) is 5.82 Å². The normalized spacial score (nSPS) is 10.4. The van der Waals surface area contributed by atoms with Gasteiger partial charge in [-0.2, -0.15) is 0 Å². The van der Waals surface area contributed by atoms with Gasteiger partial charge >= 0.3 is 5.97 Å². The molecule has 2 aromatic heterocycles. The van der Waals surface area contributed by atoms with Gasteiger partial charge in [-0.05, 0) is 18.2 Å². The third-order valence-electron chi connectivity index (χ3n) is 2.78. The van der Waals surface area contributed by atoms with E-state index >= 15 is 0 Å². The molecule has 0 fully saturated rings. The van der Waals surface area contributed by atoms with E-state index in [1.54, 1.807) is 36.9 Å². The van der Waals surface area contributed by atoms with Crippen LogP contribution in [0.5, 0.6) is 0 Å². The van der Waals surface area contributed by atoms with Gasteiger partial charge in [-0.3, -0.25) is 9.97 Å². The predicted molar refractivity (Wildman–Crippen MR) is 74.0 cm³/mol. The van der Waals surface area contributed by atoms with Gasteiger partial charge in [-0.15, -0.1) is 0 Å². The van der Waals surface area contributed by atoms with Crippen LogP contribution in [0.4, 0.5) is 11.5 Å². The van der Waals surface area contributed by atoms with Crippen LogP contribution in [-0.2, 0) is 0 Å². The molecule has 20 heavy (non-hydrogen) atoms. The molecular weight excluding hydrogens is 256 g/mol. The highest BCUT2D eigenvalue weighted by Crippen LogP contribution is 2.25. The summed E-state index contributed by atoms with van der Waals surface area (Å²) in [5, 5.41) is 13.0. The van der Waals surface area contributed by atoms with Gasteiger partial charge in [0, 0.05) is 24.0 Å². The number of anilines is 2. The van der Waals surface area contributed by atoms with Crippen molar-refractivity contribution in [3.63, 3.8) is 0 Å². The van der Waals surface area contributed by atoms with Gasteiger partial charge in [0.15, 0.2) is 0 Å². The Morgan fingerprint density at radius 2 is 2.05 bits per heavy atom. The zero-order chi connectivity index (χ0) is 13.9. The number of carbonyl (C=O) groups is 1. The van der Waals surface area contributed by atoms with E-state index in [0.29, 0.717) is 17.0 Å². The number of fused-ring (bicyclic) bond motifs is 1. The molecule has 0 aliphatic rings. The van der Waals surface area contributed by atoms with Crippen molar-refractivity contribution in [3.05, 3.63) is 54.6 Å². The quantitative estimate of drug-likeness (QED) is 0.757. The van der Waals surface area contributed by atoms with E-state index in [2.05, 4.69) is 20.3 Å². The Morgan fingerprint density at radius 1 is 1.15 bits per heavy atom. The second kappa shape index (κ2) is 4.93. The molecular formula is C14H10N4O2. The summed E-state index contributed by atoms with van der Waals surface area (Å²) in [7, 11) is 0. The van der Waals surface area contributed by atoms with Gasteiger partial charge in [0.2, 0.25) is 0 Å². The number of carboxylic acids is 1. The lowest BCUT2D eigenvalue weighted by atomic mass is 10.1. The number of hydrogen-bond donors (Lipinski definition) is 2. The Bertz CT molecular complexity index is 774. The van der Waals surface area contributed by atoms with Crippen molar-refractivity contribution in [2.75, 3.05) is 5.32 Å². The molecule has 3 rings (SSSR count). The van der Waals surface area contributed by atoms with Crippen molar-refractivity contribution in [2.24, 2.45) is 0 Å². The number of nitrogens with zero attached hydrogens (tertiary/aromatic N) is 3. The molecule has 0 saturated heterocycles. The number of nitrogens with one attached hydrogen (secondary N) is 1. The third-order valence-corrected chi connectivity index (χ3v) is 2.78. The van der Waals surface area contributed by atoms with Crippen LogP contribution in [-0.4, -0.2) is 26.0 Å². The number of pyridine rings is 1. The molecule has 0 saturated carbocycles. The molecule has 2 N–H and O–H groups in total. The van der Waals surface area contributed by atoms with Crippen LogP contribution < -0.4 is 5.32 Å². The van der Waals surface area contributed by atoms with E-state index in [9.17, 15) is 4.79 Å². The third kappa shape index (κ3) is 2.26. The maximum absolute atomic E-state index is 11.2. The zero-order valence-corrected chi connectivity index (χ0v) is 10.3. The maximum atomic E-state index is 11.2. The fourth-order valence-electron chi connectivity index (χ4n) is 1.91. The summed E-state index contributed by atoms with van der Waals surface area (Å²) in [5.41, 5.74) is 1.46. The summed E-state index contributed by atoms with van der Waals surface area (Å²) < 4.78 is 0. The predicted octanol–water partition coefficient (Wildman–Crippen LogP) is 2.47. The minimum absolute atomic E-state index is 0.192. The van der Waals surface area contributed by atoms with Crippen LogP contribution in [0.1, 0.15) is 10.4 Å². The lowest BCUT2D eigenvalue weighted by Crippen LogP contribution is -2.01. The Labute approximate surface area is 114 Å². The highest BCUT2D eigenvalue weighted by atomic mass is 16.4. The Morgan fingerprint density at radius 3 is 2.80 bits per heavy atom.